The third kappa shape index (κ3) is 7.94. The zero-order valence-electron chi connectivity index (χ0n) is 35.8. The molecule has 1 fully saturated rings. The Morgan fingerprint density at radius 2 is 0.859 bits per heavy atom. The molecule has 1 aliphatic heterocycles. The zero-order chi connectivity index (χ0) is 42.4. The van der Waals surface area contributed by atoms with Crippen molar-refractivity contribution in [2.75, 3.05) is 0 Å². The van der Waals surface area contributed by atoms with Gasteiger partial charge in [0.05, 0.1) is 11.2 Å². The van der Waals surface area contributed by atoms with Gasteiger partial charge in [0.25, 0.3) is 0 Å². The van der Waals surface area contributed by atoms with Crippen molar-refractivity contribution in [3.8, 4) is 89.9 Å². The van der Waals surface area contributed by atoms with Crippen molar-refractivity contribution in [2.45, 2.75) is 50.7 Å². The minimum Gasteiger partial charge on any atom is -0.371 e. The Balaban J connectivity index is 0.00000484. The van der Waals surface area contributed by atoms with Gasteiger partial charge in [0.15, 0.2) is 17.5 Å². The van der Waals surface area contributed by atoms with E-state index in [9.17, 15) is 0 Å². The first-order valence-electron chi connectivity index (χ1n) is 21.9. The molecule has 313 valence electrons. The fourth-order valence-corrected chi connectivity index (χ4v) is 9.57. The summed E-state index contributed by atoms with van der Waals surface area (Å²) >= 11 is 0. The normalized spacial score (nSPS) is 14.5. The van der Waals surface area contributed by atoms with Crippen molar-refractivity contribution in [1.29, 1.82) is 0 Å². The number of aromatic nitrogens is 4. The van der Waals surface area contributed by atoms with Gasteiger partial charge in [0.2, 0.25) is 0 Å². The van der Waals surface area contributed by atoms with Crippen LogP contribution in [0.5, 0.6) is 0 Å². The second-order valence-electron chi connectivity index (χ2n) is 17.3. The molecule has 6 heteroatoms. The van der Waals surface area contributed by atoms with E-state index in [1.54, 1.807) is 0 Å². The monoisotopic (exact) mass is 1010 g/mol. The van der Waals surface area contributed by atoms with Crippen LogP contribution in [0.15, 0.2) is 188 Å². The van der Waals surface area contributed by atoms with Gasteiger partial charge in [-0.05, 0) is 101 Å². The zero-order valence-corrected chi connectivity index (χ0v) is 38.2. The van der Waals surface area contributed by atoms with Crippen molar-refractivity contribution in [3.05, 3.63) is 205 Å². The van der Waals surface area contributed by atoms with Crippen molar-refractivity contribution < 1.29 is 24.8 Å². The molecule has 0 bridgehead atoms. The van der Waals surface area contributed by atoms with Crippen LogP contribution in [0.4, 0.5) is 0 Å². The molecule has 1 radical (unpaired) electrons. The molecule has 2 aliphatic rings. The standard InChI is InChI=1S/C58H45N4O.Ir/c1-57(2)52-37-47(27-29-51(52)58(63-57)31-9-10-32-58)53-30-28-50(38-59-53)56-61-54(48-25-13-23-45(35-48)43-21-11-19-41(33-43)39-15-5-3-6-16-39)60-55(62-56)49-26-14-24-46(36-49)44-22-12-20-42(34-44)40-17-7-4-8-18-40;/h3-8,11-26,28-30,33-38H,9-10,31-32H2,1-2H3;/q-1;. The van der Waals surface area contributed by atoms with Gasteiger partial charge in [-0.1, -0.05) is 170 Å². The van der Waals surface area contributed by atoms with Crippen LogP contribution in [0.1, 0.15) is 50.7 Å². The Morgan fingerprint density at radius 1 is 0.438 bits per heavy atom. The molecule has 11 rings (SSSR count). The summed E-state index contributed by atoms with van der Waals surface area (Å²) in [6, 6.07) is 67.3. The molecular weight excluding hydrogens is 961 g/mol. The van der Waals surface area contributed by atoms with Gasteiger partial charge in [-0.2, -0.15) is 0 Å². The van der Waals surface area contributed by atoms with E-state index in [0.717, 1.165) is 63.0 Å². The molecule has 0 amide bonds. The summed E-state index contributed by atoms with van der Waals surface area (Å²) in [5, 5.41) is 0. The minimum atomic E-state index is -0.370. The molecule has 0 atom stereocenters. The van der Waals surface area contributed by atoms with E-state index in [1.165, 1.54) is 46.2 Å². The van der Waals surface area contributed by atoms with Gasteiger partial charge in [-0.25, -0.2) is 15.0 Å². The van der Waals surface area contributed by atoms with Gasteiger partial charge < -0.3 is 9.72 Å². The molecule has 1 saturated carbocycles. The molecule has 9 aromatic rings. The van der Waals surface area contributed by atoms with E-state index in [1.807, 2.05) is 24.4 Å². The van der Waals surface area contributed by atoms with Crippen molar-refractivity contribution in [2.24, 2.45) is 0 Å². The Bertz CT molecular complexity index is 2980. The molecule has 5 nitrogen and oxygen atoms in total. The summed E-state index contributed by atoms with van der Waals surface area (Å²) < 4.78 is 6.78. The summed E-state index contributed by atoms with van der Waals surface area (Å²) in [5.74, 6) is 1.73. The van der Waals surface area contributed by atoms with Crippen LogP contribution in [0.25, 0.3) is 89.9 Å². The Hall–Kier alpha value is -6.69. The third-order valence-electron chi connectivity index (χ3n) is 12.7. The first-order valence-corrected chi connectivity index (χ1v) is 21.9. The number of ether oxygens (including phenoxy) is 1. The number of benzene rings is 7. The molecule has 0 N–H and O–H groups in total. The fourth-order valence-electron chi connectivity index (χ4n) is 9.57. The van der Waals surface area contributed by atoms with E-state index < -0.39 is 0 Å². The van der Waals surface area contributed by atoms with Gasteiger partial charge in [-0.3, -0.25) is 0 Å². The summed E-state index contributed by atoms with van der Waals surface area (Å²) in [6.45, 7) is 4.37. The molecule has 7 aromatic carbocycles. The average molecular weight is 1010 g/mol. The maximum atomic E-state index is 6.78. The van der Waals surface area contributed by atoms with Gasteiger partial charge >= 0.3 is 0 Å². The van der Waals surface area contributed by atoms with E-state index in [0.29, 0.717) is 17.5 Å². The molecule has 3 heterocycles. The Morgan fingerprint density at radius 3 is 1.33 bits per heavy atom. The van der Waals surface area contributed by atoms with Crippen LogP contribution in [-0.4, -0.2) is 19.9 Å². The maximum absolute atomic E-state index is 6.78. The van der Waals surface area contributed by atoms with Crippen LogP contribution >= 0.6 is 0 Å². The van der Waals surface area contributed by atoms with Crippen LogP contribution < -0.4 is 0 Å². The molecule has 0 unspecified atom stereocenters. The number of fused-ring (bicyclic) bond motifs is 2. The molecule has 64 heavy (non-hydrogen) atoms. The van der Waals surface area contributed by atoms with Crippen LogP contribution in [0.3, 0.4) is 0 Å². The third-order valence-corrected chi connectivity index (χ3v) is 12.7. The van der Waals surface area contributed by atoms with E-state index >= 15 is 0 Å². The maximum Gasteiger partial charge on any atom is 0.165 e. The van der Waals surface area contributed by atoms with E-state index in [4.69, 9.17) is 24.7 Å². The summed E-state index contributed by atoms with van der Waals surface area (Å²) in [5.41, 5.74) is 15.5. The number of hydrogen-bond donors (Lipinski definition) is 0. The Kier molecular flexibility index (Phi) is 11.1. The number of rotatable bonds is 8. The predicted octanol–water partition coefficient (Wildman–Crippen LogP) is 14.4. The van der Waals surface area contributed by atoms with Crippen LogP contribution in [0.2, 0.25) is 0 Å². The van der Waals surface area contributed by atoms with Crippen molar-refractivity contribution in [1.82, 2.24) is 19.9 Å². The van der Waals surface area contributed by atoms with Crippen molar-refractivity contribution in [3.63, 3.8) is 0 Å². The topological polar surface area (TPSA) is 60.8 Å². The quantitative estimate of drug-likeness (QED) is 0.142. The number of nitrogens with zero attached hydrogens (tertiary/aromatic N) is 4. The predicted molar refractivity (Wildman–Crippen MR) is 254 cm³/mol. The average Bonchev–Trinajstić information content (AvgIpc) is 3.91. The number of pyridine rings is 1. The van der Waals surface area contributed by atoms with Gasteiger partial charge in [0, 0.05) is 43.0 Å². The first kappa shape index (κ1) is 41.3. The van der Waals surface area contributed by atoms with E-state index in [-0.39, 0.29) is 31.3 Å². The molecule has 2 aromatic heterocycles. The van der Waals surface area contributed by atoms with Crippen LogP contribution in [0, 0.1) is 6.07 Å². The summed E-state index contributed by atoms with van der Waals surface area (Å²) in [4.78, 5) is 20.5. The second-order valence-corrected chi connectivity index (χ2v) is 17.3. The van der Waals surface area contributed by atoms with E-state index in [2.05, 4.69) is 184 Å². The first-order chi connectivity index (χ1) is 30.9. The van der Waals surface area contributed by atoms with Crippen LogP contribution in [-0.2, 0) is 36.0 Å². The van der Waals surface area contributed by atoms with Crippen molar-refractivity contribution >= 4 is 0 Å². The van der Waals surface area contributed by atoms with Gasteiger partial charge in [-0.15, -0.1) is 23.8 Å². The Labute approximate surface area is 388 Å². The second kappa shape index (κ2) is 17.1. The summed E-state index contributed by atoms with van der Waals surface area (Å²) in [6.07, 6.45) is 6.40. The molecular formula is C58H45IrN4O-. The SMILES string of the molecule is CC1(C)OC2(CCCC2)c2c[c-]c(-c3ccc(-c4nc(-c5cccc(-c6cccc(-c7ccccc7)c6)c5)nc(-c5cccc(-c6cccc(-c7ccccc7)c6)c5)n4)cn3)cc21.[Ir]. The molecule has 1 aliphatic carbocycles. The van der Waals surface area contributed by atoms with Gasteiger partial charge in [0.1, 0.15) is 0 Å². The molecule has 1 spiro atoms. The largest absolute Gasteiger partial charge is 0.371 e. The summed E-state index contributed by atoms with van der Waals surface area (Å²) in [7, 11) is 0. The molecule has 0 saturated heterocycles. The fraction of sp³-hybridized carbons (Fsp3) is 0.138. The smallest absolute Gasteiger partial charge is 0.165 e. The minimum absolute atomic E-state index is 0. The number of hydrogen-bond acceptors (Lipinski definition) is 5.